The Labute approximate surface area is 107 Å². The molecular weight excluding hydrogens is 260 g/mol. The zero-order valence-electron chi connectivity index (χ0n) is 9.35. The first-order chi connectivity index (χ1) is 8.08. The third kappa shape index (κ3) is 2.70. The van der Waals surface area contributed by atoms with Crippen molar-refractivity contribution in [3.8, 4) is 0 Å². The van der Waals surface area contributed by atoms with E-state index in [1.165, 1.54) is 11.8 Å². The Bertz CT molecular complexity index is 560. The number of H-pyrrole nitrogens is 1. The second-order valence-corrected chi connectivity index (χ2v) is 5.12. The molecule has 0 fully saturated rings. The Morgan fingerprint density at radius 1 is 1.47 bits per heavy atom. The van der Waals surface area contributed by atoms with Gasteiger partial charge in [0.15, 0.2) is 5.16 Å². The molecular formula is C10H11ClN4OS. The van der Waals surface area contributed by atoms with Crippen molar-refractivity contribution in [1.82, 2.24) is 19.7 Å². The molecule has 7 heteroatoms. The molecule has 2 aromatic heterocycles. The number of pyridine rings is 1. The highest BCUT2D eigenvalue weighted by Crippen LogP contribution is 2.25. The maximum atomic E-state index is 11.5. The second kappa shape index (κ2) is 4.93. The molecule has 5 nitrogen and oxygen atoms in total. The SMILES string of the molecule is CC(C)n1c(Sc2ccc(Cl)cn2)n[nH]c1=O. The van der Waals surface area contributed by atoms with Crippen LogP contribution in [0.3, 0.4) is 0 Å². The standard InChI is InChI=1S/C10H11ClN4OS/c1-6(2)15-9(16)13-14-10(15)17-8-4-3-7(11)5-12-8/h3-6H,1-2H3,(H,13,16). The van der Waals surface area contributed by atoms with Crippen LogP contribution in [0.2, 0.25) is 5.02 Å². The summed E-state index contributed by atoms with van der Waals surface area (Å²) in [5, 5.41) is 8.33. The first kappa shape index (κ1) is 12.2. The number of nitrogens with one attached hydrogen (secondary N) is 1. The van der Waals surface area contributed by atoms with Crippen molar-refractivity contribution in [2.45, 2.75) is 30.1 Å². The largest absolute Gasteiger partial charge is 0.344 e. The molecule has 0 bridgehead atoms. The minimum Gasteiger partial charge on any atom is -0.267 e. The fourth-order valence-corrected chi connectivity index (χ4v) is 2.36. The summed E-state index contributed by atoms with van der Waals surface area (Å²) in [6, 6.07) is 3.59. The Balaban J connectivity index is 2.30. The van der Waals surface area contributed by atoms with Crippen LogP contribution in [-0.2, 0) is 0 Å². The van der Waals surface area contributed by atoms with Gasteiger partial charge >= 0.3 is 5.69 Å². The van der Waals surface area contributed by atoms with Crippen LogP contribution in [0.4, 0.5) is 0 Å². The Morgan fingerprint density at radius 3 is 2.82 bits per heavy atom. The predicted molar refractivity (Wildman–Crippen MR) is 66.6 cm³/mol. The van der Waals surface area contributed by atoms with Crippen LogP contribution in [0.15, 0.2) is 33.3 Å². The fraction of sp³-hybridized carbons (Fsp3) is 0.300. The van der Waals surface area contributed by atoms with Gasteiger partial charge in [0.1, 0.15) is 5.03 Å². The molecule has 0 atom stereocenters. The van der Waals surface area contributed by atoms with E-state index >= 15 is 0 Å². The fourth-order valence-electron chi connectivity index (χ4n) is 1.33. The molecule has 17 heavy (non-hydrogen) atoms. The van der Waals surface area contributed by atoms with E-state index in [0.29, 0.717) is 10.2 Å². The van der Waals surface area contributed by atoms with Crippen LogP contribution in [0.25, 0.3) is 0 Å². The molecule has 0 amide bonds. The average molecular weight is 271 g/mol. The lowest BCUT2D eigenvalue weighted by Gasteiger charge is -2.07. The molecule has 0 saturated carbocycles. The maximum absolute atomic E-state index is 11.5. The molecule has 2 rings (SSSR count). The zero-order chi connectivity index (χ0) is 12.4. The summed E-state index contributed by atoms with van der Waals surface area (Å²) in [5.74, 6) is 0. The van der Waals surface area contributed by atoms with Crippen LogP contribution >= 0.6 is 23.4 Å². The number of halogens is 1. The third-order valence-corrected chi connectivity index (χ3v) is 3.23. The molecule has 0 saturated heterocycles. The van der Waals surface area contributed by atoms with Crippen molar-refractivity contribution in [2.75, 3.05) is 0 Å². The first-order valence-corrected chi connectivity index (χ1v) is 6.23. The topological polar surface area (TPSA) is 63.6 Å². The lowest BCUT2D eigenvalue weighted by atomic mass is 10.4. The van der Waals surface area contributed by atoms with Gasteiger partial charge in [-0.15, -0.1) is 5.10 Å². The average Bonchev–Trinajstić information content (AvgIpc) is 2.63. The summed E-state index contributed by atoms with van der Waals surface area (Å²) in [6.45, 7) is 3.85. The van der Waals surface area contributed by atoms with E-state index in [-0.39, 0.29) is 11.7 Å². The molecule has 0 unspecified atom stereocenters. The summed E-state index contributed by atoms with van der Waals surface area (Å²) >= 11 is 7.07. The van der Waals surface area contributed by atoms with E-state index < -0.39 is 0 Å². The van der Waals surface area contributed by atoms with E-state index in [9.17, 15) is 4.79 Å². The van der Waals surface area contributed by atoms with Gasteiger partial charge in [-0.1, -0.05) is 11.6 Å². The molecule has 0 aromatic carbocycles. The monoisotopic (exact) mass is 270 g/mol. The number of aromatic nitrogens is 4. The number of hydrogen-bond acceptors (Lipinski definition) is 4. The van der Waals surface area contributed by atoms with Crippen LogP contribution < -0.4 is 5.69 Å². The molecule has 0 spiro atoms. The molecule has 0 radical (unpaired) electrons. The zero-order valence-corrected chi connectivity index (χ0v) is 10.9. The van der Waals surface area contributed by atoms with Crippen molar-refractivity contribution >= 4 is 23.4 Å². The predicted octanol–water partition coefficient (Wildman–Crippen LogP) is 2.35. The minimum atomic E-state index is -0.212. The minimum absolute atomic E-state index is 0.0519. The van der Waals surface area contributed by atoms with Crippen molar-refractivity contribution in [3.05, 3.63) is 33.8 Å². The van der Waals surface area contributed by atoms with Gasteiger partial charge in [0.25, 0.3) is 0 Å². The van der Waals surface area contributed by atoms with Crippen molar-refractivity contribution in [2.24, 2.45) is 0 Å². The molecule has 0 aliphatic heterocycles. The van der Waals surface area contributed by atoms with Crippen LogP contribution in [-0.4, -0.2) is 19.7 Å². The summed E-state index contributed by atoms with van der Waals surface area (Å²) < 4.78 is 1.58. The van der Waals surface area contributed by atoms with E-state index in [1.54, 1.807) is 22.9 Å². The highest BCUT2D eigenvalue weighted by atomic mass is 35.5. The molecule has 2 aromatic rings. The molecule has 1 N–H and O–H groups in total. The van der Waals surface area contributed by atoms with E-state index in [0.717, 1.165) is 5.03 Å². The lowest BCUT2D eigenvalue weighted by Crippen LogP contribution is -2.19. The van der Waals surface area contributed by atoms with Gasteiger partial charge < -0.3 is 0 Å². The van der Waals surface area contributed by atoms with Gasteiger partial charge in [0.05, 0.1) is 5.02 Å². The van der Waals surface area contributed by atoms with Crippen LogP contribution in [0, 0.1) is 0 Å². The van der Waals surface area contributed by atoms with Crippen LogP contribution in [0.1, 0.15) is 19.9 Å². The highest BCUT2D eigenvalue weighted by molar-refractivity contribution is 7.99. The van der Waals surface area contributed by atoms with Gasteiger partial charge in [0.2, 0.25) is 0 Å². The quantitative estimate of drug-likeness (QED) is 0.930. The second-order valence-electron chi connectivity index (χ2n) is 3.69. The van der Waals surface area contributed by atoms with Gasteiger partial charge in [-0.2, -0.15) is 0 Å². The molecule has 2 heterocycles. The number of rotatable bonds is 3. The third-order valence-electron chi connectivity index (χ3n) is 2.08. The normalized spacial score (nSPS) is 11.1. The summed E-state index contributed by atoms with van der Waals surface area (Å²) in [4.78, 5) is 15.7. The maximum Gasteiger partial charge on any atom is 0.344 e. The number of aromatic amines is 1. The van der Waals surface area contributed by atoms with Gasteiger partial charge in [-0.3, -0.25) is 4.57 Å². The van der Waals surface area contributed by atoms with Crippen molar-refractivity contribution < 1.29 is 0 Å². The Morgan fingerprint density at radius 2 is 2.24 bits per heavy atom. The molecule has 90 valence electrons. The summed E-state index contributed by atoms with van der Waals surface area (Å²) in [5.41, 5.74) is -0.212. The van der Waals surface area contributed by atoms with Gasteiger partial charge in [0, 0.05) is 12.2 Å². The Kier molecular flexibility index (Phi) is 3.54. The van der Waals surface area contributed by atoms with E-state index in [1.807, 2.05) is 13.8 Å². The van der Waals surface area contributed by atoms with E-state index in [2.05, 4.69) is 15.2 Å². The highest BCUT2D eigenvalue weighted by Gasteiger charge is 2.12. The van der Waals surface area contributed by atoms with Gasteiger partial charge in [-0.05, 0) is 37.7 Å². The van der Waals surface area contributed by atoms with Crippen LogP contribution in [0.5, 0.6) is 0 Å². The summed E-state index contributed by atoms with van der Waals surface area (Å²) in [7, 11) is 0. The van der Waals surface area contributed by atoms with Crippen molar-refractivity contribution in [3.63, 3.8) is 0 Å². The number of hydrogen-bond donors (Lipinski definition) is 1. The molecule has 0 aliphatic carbocycles. The Hall–Kier alpha value is -1.27. The lowest BCUT2D eigenvalue weighted by molar-refractivity contribution is 0.534. The first-order valence-electron chi connectivity index (χ1n) is 5.04. The number of nitrogens with zero attached hydrogens (tertiary/aromatic N) is 3. The summed E-state index contributed by atoms with van der Waals surface area (Å²) in [6.07, 6.45) is 1.56. The van der Waals surface area contributed by atoms with Gasteiger partial charge in [-0.25, -0.2) is 14.9 Å². The van der Waals surface area contributed by atoms with Crippen molar-refractivity contribution in [1.29, 1.82) is 0 Å². The van der Waals surface area contributed by atoms with E-state index in [4.69, 9.17) is 11.6 Å². The molecule has 0 aliphatic rings. The smallest absolute Gasteiger partial charge is 0.267 e.